The molecule has 0 bridgehead atoms. The van der Waals surface area contributed by atoms with E-state index in [9.17, 15) is 4.79 Å². The van der Waals surface area contributed by atoms with Gasteiger partial charge in [0.15, 0.2) is 0 Å². The molecule has 0 aliphatic rings. The van der Waals surface area contributed by atoms with Gasteiger partial charge in [-0.25, -0.2) is 0 Å². The fourth-order valence-corrected chi connectivity index (χ4v) is 2.20. The van der Waals surface area contributed by atoms with Gasteiger partial charge >= 0.3 is 0 Å². The third kappa shape index (κ3) is 3.53. The van der Waals surface area contributed by atoms with E-state index in [0.29, 0.717) is 16.6 Å². The normalized spacial score (nSPS) is 11.4. The molecular formula is C13H16Cl3NO. The minimum absolute atomic E-state index is 0.0338. The van der Waals surface area contributed by atoms with Gasteiger partial charge in [-0.15, -0.1) is 11.6 Å². The number of amides is 1. The van der Waals surface area contributed by atoms with Gasteiger partial charge < -0.3 is 4.90 Å². The van der Waals surface area contributed by atoms with Crippen LogP contribution in [0.5, 0.6) is 0 Å². The Morgan fingerprint density at radius 2 is 1.78 bits per heavy atom. The summed E-state index contributed by atoms with van der Waals surface area (Å²) in [7, 11) is 1.72. The minimum atomic E-state index is -0.593. The van der Waals surface area contributed by atoms with E-state index in [-0.39, 0.29) is 11.8 Å². The molecule has 1 aromatic rings. The lowest BCUT2D eigenvalue weighted by Crippen LogP contribution is -2.39. The molecule has 0 atom stereocenters. The molecular weight excluding hydrogens is 293 g/mol. The van der Waals surface area contributed by atoms with Crippen LogP contribution in [0, 0.1) is 5.41 Å². The van der Waals surface area contributed by atoms with Crippen LogP contribution in [0.15, 0.2) is 18.2 Å². The average molecular weight is 309 g/mol. The molecule has 0 fully saturated rings. The maximum Gasteiger partial charge on any atom is 0.229 e. The third-order valence-electron chi connectivity index (χ3n) is 2.72. The number of hydrogen-bond acceptors (Lipinski definition) is 1. The first-order chi connectivity index (χ1) is 8.29. The summed E-state index contributed by atoms with van der Waals surface area (Å²) < 4.78 is 0. The van der Waals surface area contributed by atoms with Gasteiger partial charge in [-0.1, -0.05) is 29.3 Å². The van der Waals surface area contributed by atoms with Crippen LogP contribution in [0.2, 0.25) is 10.0 Å². The van der Waals surface area contributed by atoms with Crippen LogP contribution >= 0.6 is 34.8 Å². The van der Waals surface area contributed by atoms with Crippen molar-refractivity contribution in [3.8, 4) is 0 Å². The molecule has 100 valence electrons. The lowest BCUT2D eigenvalue weighted by molar-refractivity contribution is -0.138. The molecule has 1 aromatic carbocycles. The second-order valence-electron chi connectivity index (χ2n) is 4.88. The zero-order valence-corrected chi connectivity index (χ0v) is 12.9. The molecule has 2 nitrogen and oxygen atoms in total. The van der Waals surface area contributed by atoms with Crippen LogP contribution in [0.3, 0.4) is 0 Å². The molecule has 0 unspecified atom stereocenters. The van der Waals surface area contributed by atoms with Crippen molar-refractivity contribution in [2.45, 2.75) is 20.4 Å². The summed E-state index contributed by atoms with van der Waals surface area (Å²) in [5, 5.41) is 1.12. The predicted octanol–water partition coefficient (Wildman–Crippen LogP) is 4.22. The Bertz CT molecular complexity index is 426. The largest absolute Gasteiger partial charge is 0.341 e. The standard InChI is InChI=1S/C13H16Cl3NO/c1-13(2,8-14)12(18)17(3)7-9-10(15)5-4-6-11(9)16/h4-6H,7-8H2,1-3H3. The zero-order valence-electron chi connectivity index (χ0n) is 10.6. The quantitative estimate of drug-likeness (QED) is 0.763. The lowest BCUT2D eigenvalue weighted by atomic mass is 9.94. The lowest BCUT2D eigenvalue weighted by Gasteiger charge is -2.28. The maximum absolute atomic E-state index is 12.2. The second-order valence-corrected chi connectivity index (χ2v) is 5.96. The molecule has 0 radical (unpaired) electrons. The van der Waals surface area contributed by atoms with E-state index in [0.717, 1.165) is 5.56 Å². The summed E-state index contributed by atoms with van der Waals surface area (Å²) >= 11 is 18.0. The first kappa shape index (κ1) is 15.6. The molecule has 0 saturated carbocycles. The molecule has 1 rings (SSSR count). The van der Waals surface area contributed by atoms with Gasteiger partial charge in [0, 0.05) is 35.1 Å². The Morgan fingerprint density at radius 3 is 2.22 bits per heavy atom. The van der Waals surface area contributed by atoms with Gasteiger partial charge in [0.05, 0.1) is 5.41 Å². The summed E-state index contributed by atoms with van der Waals surface area (Å²) in [6, 6.07) is 5.29. The van der Waals surface area contributed by atoms with Crippen molar-refractivity contribution in [2.24, 2.45) is 5.41 Å². The van der Waals surface area contributed by atoms with E-state index in [1.807, 2.05) is 13.8 Å². The highest BCUT2D eigenvalue weighted by atomic mass is 35.5. The van der Waals surface area contributed by atoms with Crippen molar-refractivity contribution >= 4 is 40.7 Å². The molecule has 0 aliphatic carbocycles. The van der Waals surface area contributed by atoms with Crippen molar-refractivity contribution in [3.05, 3.63) is 33.8 Å². The van der Waals surface area contributed by atoms with E-state index in [1.54, 1.807) is 30.1 Å². The first-order valence-corrected chi connectivity index (χ1v) is 6.83. The van der Waals surface area contributed by atoms with Crippen LogP contribution in [-0.4, -0.2) is 23.7 Å². The average Bonchev–Trinajstić information content (AvgIpc) is 2.32. The Kier molecular flexibility index (Phi) is 5.32. The Morgan fingerprint density at radius 1 is 1.28 bits per heavy atom. The van der Waals surface area contributed by atoms with Crippen molar-refractivity contribution in [1.29, 1.82) is 0 Å². The van der Waals surface area contributed by atoms with Gasteiger partial charge in [-0.05, 0) is 26.0 Å². The number of rotatable bonds is 4. The highest BCUT2D eigenvalue weighted by Crippen LogP contribution is 2.27. The first-order valence-electron chi connectivity index (χ1n) is 5.54. The monoisotopic (exact) mass is 307 g/mol. The highest BCUT2D eigenvalue weighted by molar-refractivity contribution is 6.36. The fraction of sp³-hybridized carbons (Fsp3) is 0.462. The molecule has 0 saturated heterocycles. The number of benzene rings is 1. The Balaban J connectivity index is 2.89. The predicted molar refractivity (Wildman–Crippen MR) is 77.4 cm³/mol. The summed E-state index contributed by atoms with van der Waals surface area (Å²) in [5.74, 6) is 0.236. The summed E-state index contributed by atoms with van der Waals surface area (Å²) in [5.41, 5.74) is 0.159. The third-order valence-corrected chi connectivity index (χ3v) is 4.09. The second kappa shape index (κ2) is 6.14. The van der Waals surface area contributed by atoms with Crippen molar-refractivity contribution in [3.63, 3.8) is 0 Å². The molecule has 0 N–H and O–H groups in total. The van der Waals surface area contributed by atoms with Gasteiger partial charge in [-0.2, -0.15) is 0 Å². The van der Waals surface area contributed by atoms with Crippen molar-refractivity contribution < 1.29 is 4.79 Å². The van der Waals surface area contributed by atoms with Crippen molar-refractivity contribution in [1.82, 2.24) is 4.90 Å². The minimum Gasteiger partial charge on any atom is -0.341 e. The number of halogens is 3. The molecule has 0 spiro atoms. The van der Waals surface area contributed by atoms with E-state index < -0.39 is 5.41 Å². The van der Waals surface area contributed by atoms with Gasteiger partial charge in [0.25, 0.3) is 0 Å². The highest BCUT2D eigenvalue weighted by Gasteiger charge is 2.29. The maximum atomic E-state index is 12.2. The fourth-order valence-electron chi connectivity index (χ4n) is 1.57. The summed E-state index contributed by atoms with van der Waals surface area (Å²) in [4.78, 5) is 13.8. The number of carbonyl (C=O) groups is 1. The van der Waals surface area contributed by atoms with Crippen molar-refractivity contribution in [2.75, 3.05) is 12.9 Å². The topological polar surface area (TPSA) is 20.3 Å². The molecule has 0 aliphatic heterocycles. The number of hydrogen-bond donors (Lipinski definition) is 0. The molecule has 0 aromatic heterocycles. The van der Waals surface area contributed by atoms with Gasteiger partial charge in [0.2, 0.25) is 5.91 Å². The summed E-state index contributed by atoms with van der Waals surface area (Å²) in [6.07, 6.45) is 0. The van der Waals surface area contributed by atoms with E-state index in [2.05, 4.69) is 0 Å². The van der Waals surface area contributed by atoms with E-state index >= 15 is 0 Å². The molecule has 0 heterocycles. The molecule has 18 heavy (non-hydrogen) atoms. The number of nitrogens with zero attached hydrogens (tertiary/aromatic N) is 1. The Labute approximate surface area is 123 Å². The van der Waals surface area contributed by atoms with Crippen LogP contribution in [0.1, 0.15) is 19.4 Å². The van der Waals surface area contributed by atoms with Crippen LogP contribution in [-0.2, 0) is 11.3 Å². The van der Waals surface area contributed by atoms with Crippen LogP contribution in [0.4, 0.5) is 0 Å². The van der Waals surface area contributed by atoms with Gasteiger partial charge in [-0.3, -0.25) is 4.79 Å². The summed E-state index contributed by atoms with van der Waals surface area (Å²) in [6.45, 7) is 4.00. The van der Waals surface area contributed by atoms with E-state index in [4.69, 9.17) is 34.8 Å². The van der Waals surface area contributed by atoms with Gasteiger partial charge in [0.1, 0.15) is 0 Å². The SMILES string of the molecule is CN(Cc1c(Cl)cccc1Cl)C(=O)C(C)(C)CCl. The zero-order chi connectivity index (χ0) is 13.9. The van der Waals surface area contributed by atoms with Crippen LogP contribution < -0.4 is 0 Å². The molecule has 1 amide bonds. The number of alkyl halides is 1. The van der Waals surface area contributed by atoms with Crippen LogP contribution in [0.25, 0.3) is 0 Å². The number of carbonyl (C=O) groups excluding carboxylic acids is 1. The molecule has 5 heteroatoms. The smallest absolute Gasteiger partial charge is 0.229 e. The Hall–Kier alpha value is -0.440. The van der Waals surface area contributed by atoms with E-state index in [1.165, 1.54) is 0 Å².